The van der Waals surface area contributed by atoms with Gasteiger partial charge in [0.25, 0.3) is 0 Å². The Morgan fingerprint density at radius 3 is 2.52 bits per heavy atom. The summed E-state index contributed by atoms with van der Waals surface area (Å²) in [5.41, 5.74) is 2.90. The molecule has 0 bridgehead atoms. The van der Waals surface area contributed by atoms with Crippen LogP contribution in [0.5, 0.6) is 0 Å². The summed E-state index contributed by atoms with van der Waals surface area (Å²) in [5, 5.41) is 3.78. The lowest BCUT2D eigenvalue weighted by molar-refractivity contribution is 0.302. The zero-order chi connectivity index (χ0) is 22.1. The predicted molar refractivity (Wildman–Crippen MR) is 130 cm³/mol. The highest BCUT2D eigenvalue weighted by molar-refractivity contribution is 7.16. The van der Waals surface area contributed by atoms with Gasteiger partial charge in [0.15, 0.2) is 5.65 Å². The van der Waals surface area contributed by atoms with Crippen molar-refractivity contribution in [2.45, 2.75) is 46.6 Å². The van der Waals surface area contributed by atoms with Gasteiger partial charge in [-0.15, -0.1) is 11.3 Å². The van der Waals surface area contributed by atoms with Crippen LogP contribution < -0.4 is 5.32 Å². The summed E-state index contributed by atoms with van der Waals surface area (Å²) in [6, 6.07) is 14.2. The lowest BCUT2D eigenvalue weighted by Gasteiger charge is -2.34. The number of hydrogen-bond acceptors (Lipinski definition) is 4. The molecule has 0 amide bonds. The zero-order valence-corrected chi connectivity index (χ0v) is 19.5. The number of fused-ring (bicyclic) bond motifs is 1. The molecule has 3 heterocycles. The Kier molecular flexibility index (Phi) is 5.60. The lowest BCUT2D eigenvalue weighted by atomic mass is 9.82. The normalized spacial score (nSPS) is 11.9. The molecule has 0 radical (unpaired) electrons. The van der Waals surface area contributed by atoms with Crippen molar-refractivity contribution in [2.75, 3.05) is 5.32 Å². The molecule has 1 N–H and O–H groups in total. The summed E-state index contributed by atoms with van der Waals surface area (Å²) in [6.07, 6.45) is 6.59. The topological polar surface area (TPSA) is 42.2 Å². The van der Waals surface area contributed by atoms with Crippen LogP contribution >= 0.6 is 11.3 Å². The van der Waals surface area contributed by atoms with Crippen LogP contribution in [0.25, 0.3) is 16.2 Å². The summed E-state index contributed by atoms with van der Waals surface area (Å²) in [6.45, 7) is 11.3. The summed E-state index contributed by atoms with van der Waals surface area (Å²) >= 11 is 1.66. The Morgan fingerprint density at radius 2 is 1.77 bits per heavy atom. The molecule has 0 aliphatic rings. The molecule has 5 heteroatoms. The monoisotopic (exact) mass is 428 g/mol. The van der Waals surface area contributed by atoms with Gasteiger partial charge < -0.3 is 5.32 Å². The standard InChI is InChI=1S/C26H28N4S/c1-25(2,3)18-26(4,5)29-24-23(28-22-17-27-15-16-30(22)24)21-14-13-20(31-21)12-11-19-9-7-6-8-10-19/h6-10,13-17,29H,18H2,1-5H3. The maximum Gasteiger partial charge on any atom is 0.157 e. The van der Waals surface area contributed by atoms with Gasteiger partial charge in [0.2, 0.25) is 0 Å². The highest BCUT2D eigenvalue weighted by Gasteiger charge is 2.28. The minimum absolute atomic E-state index is 0.0978. The molecular weight excluding hydrogens is 400 g/mol. The fourth-order valence-corrected chi connectivity index (χ4v) is 4.93. The molecule has 0 atom stereocenters. The van der Waals surface area contributed by atoms with E-state index >= 15 is 0 Å². The summed E-state index contributed by atoms with van der Waals surface area (Å²) in [4.78, 5) is 11.3. The van der Waals surface area contributed by atoms with E-state index in [1.165, 1.54) is 0 Å². The average Bonchev–Trinajstić information content (AvgIpc) is 3.30. The number of anilines is 1. The summed E-state index contributed by atoms with van der Waals surface area (Å²) in [5.74, 6) is 7.52. The van der Waals surface area contributed by atoms with Gasteiger partial charge in [0.05, 0.1) is 16.0 Å². The molecule has 31 heavy (non-hydrogen) atoms. The van der Waals surface area contributed by atoms with Gasteiger partial charge in [0, 0.05) is 23.5 Å². The highest BCUT2D eigenvalue weighted by atomic mass is 32.1. The number of nitrogens with one attached hydrogen (secondary N) is 1. The van der Waals surface area contributed by atoms with Gasteiger partial charge in [-0.2, -0.15) is 0 Å². The van der Waals surface area contributed by atoms with Crippen molar-refractivity contribution in [3.8, 4) is 22.4 Å². The van der Waals surface area contributed by atoms with Crippen LogP contribution in [-0.2, 0) is 0 Å². The third-order valence-electron chi connectivity index (χ3n) is 4.80. The summed E-state index contributed by atoms with van der Waals surface area (Å²) < 4.78 is 2.09. The van der Waals surface area contributed by atoms with Crippen LogP contribution in [0.3, 0.4) is 0 Å². The number of rotatable bonds is 4. The van der Waals surface area contributed by atoms with Crippen LogP contribution in [0.15, 0.2) is 61.1 Å². The maximum absolute atomic E-state index is 4.90. The van der Waals surface area contributed by atoms with Gasteiger partial charge in [0.1, 0.15) is 11.5 Å². The van der Waals surface area contributed by atoms with Crippen molar-refractivity contribution in [2.24, 2.45) is 5.41 Å². The second kappa shape index (κ2) is 8.20. The van der Waals surface area contributed by atoms with Crippen molar-refractivity contribution in [1.82, 2.24) is 14.4 Å². The first-order valence-corrected chi connectivity index (χ1v) is 11.3. The van der Waals surface area contributed by atoms with E-state index in [4.69, 9.17) is 4.98 Å². The Morgan fingerprint density at radius 1 is 1.00 bits per heavy atom. The van der Waals surface area contributed by atoms with Crippen molar-refractivity contribution in [3.05, 3.63) is 71.5 Å². The quantitative estimate of drug-likeness (QED) is 0.378. The van der Waals surface area contributed by atoms with Crippen molar-refractivity contribution >= 4 is 22.8 Å². The largest absolute Gasteiger partial charge is 0.364 e. The Hall–Kier alpha value is -3.10. The van der Waals surface area contributed by atoms with E-state index in [0.717, 1.165) is 38.9 Å². The summed E-state index contributed by atoms with van der Waals surface area (Å²) in [7, 11) is 0. The first kappa shape index (κ1) is 21.1. The maximum atomic E-state index is 4.90. The number of imidazole rings is 1. The second-order valence-corrected chi connectivity index (χ2v) is 10.7. The Bertz CT molecular complexity index is 1250. The van der Waals surface area contributed by atoms with Gasteiger partial charge in [-0.3, -0.25) is 9.38 Å². The molecule has 0 saturated heterocycles. The first-order valence-electron chi connectivity index (χ1n) is 10.5. The lowest BCUT2D eigenvalue weighted by Crippen LogP contribution is -2.36. The van der Waals surface area contributed by atoms with E-state index in [1.807, 2.05) is 36.5 Å². The Labute approximate surface area is 188 Å². The fraction of sp³-hybridized carbons (Fsp3) is 0.308. The molecule has 0 aliphatic heterocycles. The molecule has 0 fully saturated rings. The average molecular weight is 429 g/mol. The van der Waals surface area contributed by atoms with Gasteiger partial charge in [-0.05, 0) is 49.9 Å². The minimum atomic E-state index is -0.0978. The molecule has 4 aromatic rings. The molecule has 0 aliphatic carbocycles. The van der Waals surface area contributed by atoms with Crippen molar-refractivity contribution in [3.63, 3.8) is 0 Å². The van der Waals surface area contributed by atoms with Crippen molar-refractivity contribution < 1.29 is 0 Å². The fourth-order valence-electron chi connectivity index (χ4n) is 4.08. The molecular formula is C26H28N4S. The molecule has 3 aromatic heterocycles. The van der Waals surface area contributed by atoms with Crippen LogP contribution in [0.2, 0.25) is 0 Å². The number of hydrogen-bond donors (Lipinski definition) is 1. The Balaban J connectivity index is 1.71. The van der Waals surface area contributed by atoms with E-state index < -0.39 is 0 Å². The zero-order valence-electron chi connectivity index (χ0n) is 18.7. The first-order chi connectivity index (χ1) is 14.7. The molecule has 158 valence electrons. The van der Waals surface area contributed by atoms with Crippen molar-refractivity contribution in [1.29, 1.82) is 0 Å². The highest BCUT2D eigenvalue weighted by Crippen LogP contribution is 2.37. The van der Waals surface area contributed by atoms with E-state index in [2.05, 4.69) is 73.3 Å². The third-order valence-corrected chi connectivity index (χ3v) is 5.81. The van der Waals surface area contributed by atoms with Crippen LogP contribution in [0.1, 0.15) is 51.5 Å². The van der Waals surface area contributed by atoms with Gasteiger partial charge in [-0.1, -0.05) is 50.8 Å². The number of thiophene rings is 1. The van der Waals surface area contributed by atoms with E-state index in [1.54, 1.807) is 23.7 Å². The van der Waals surface area contributed by atoms with Crippen LogP contribution in [-0.4, -0.2) is 19.9 Å². The molecule has 0 spiro atoms. The SMILES string of the molecule is CC(C)(C)CC(C)(C)Nc1c(-c2ccc(C#Cc3ccccc3)s2)nc2cnccn12. The minimum Gasteiger partial charge on any atom is -0.364 e. The third kappa shape index (κ3) is 5.15. The van der Waals surface area contributed by atoms with Gasteiger partial charge in [-0.25, -0.2) is 4.98 Å². The van der Waals surface area contributed by atoms with E-state index in [-0.39, 0.29) is 11.0 Å². The second-order valence-electron chi connectivity index (χ2n) is 9.64. The molecule has 1 aromatic carbocycles. The number of aromatic nitrogens is 3. The molecule has 4 nitrogen and oxygen atoms in total. The predicted octanol–water partition coefficient (Wildman–Crippen LogP) is 6.48. The number of nitrogens with zero attached hydrogens (tertiary/aromatic N) is 3. The van der Waals surface area contributed by atoms with Gasteiger partial charge >= 0.3 is 0 Å². The number of benzene rings is 1. The molecule has 0 unspecified atom stereocenters. The molecule has 0 saturated carbocycles. The molecule has 4 rings (SSSR count). The van der Waals surface area contributed by atoms with E-state index in [9.17, 15) is 0 Å². The van der Waals surface area contributed by atoms with Crippen LogP contribution in [0.4, 0.5) is 5.82 Å². The smallest absolute Gasteiger partial charge is 0.157 e. The van der Waals surface area contributed by atoms with Crippen LogP contribution in [0, 0.1) is 17.3 Å². The van der Waals surface area contributed by atoms with E-state index in [0.29, 0.717) is 0 Å².